The molecule has 0 unspecified atom stereocenters. The Labute approximate surface area is 187 Å². The van der Waals surface area contributed by atoms with E-state index in [4.69, 9.17) is 4.74 Å². The van der Waals surface area contributed by atoms with Gasteiger partial charge in [0.25, 0.3) is 17.1 Å². The van der Waals surface area contributed by atoms with Crippen LogP contribution in [0.2, 0.25) is 0 Å². The van der Waals surface area contributed by atoms with Crippen molar-refractivity contribution in [1.82, 2.24) is 15.2 Å². The van der Waals surface area contributed by atoms with Crippen LogP contribution in [0.3, 0.4) is 0 Å². The minimum absolute atomic E-state index is 0.0265. The first-order valence-corrected chi connectivity index (χ1v) is 11.2. The third-order valence-corrected chi connectivity index (χ3v) is 6.66. The molecule has 0 spiro atoms. The summed E-state index contributed by atoms with van der Waals surface area (Å²) >= 11 is 2.20. The number of nitrogens with one attached hydrogen (secondary N) is 1. The third-order valence-electron chi connectivity index (χ3n) is 4.39. The zero-order chi connectivity index (χ0) is 22.4. The van der Waals surface area contributed by atoms with Crippen molar-refractivity contribution in [2.24, 2.45) is 0 Å². The number of aromatic nitrogens is 1. The van der Waals surface area contributed by atoms with Crippen molar-refractivity contribution < 1.29 is 23.9 Å². The summed E-state index contributed by atoms with van der Waals surface area (Å²) in [6.07, 6.45) is 5.64. The molecule has 3 rings (SSSR count). The lowest BCUT2D eigenvalue weighted by Gasteiger charge is -2.13. The smallest absolute Gasteiger partial charge is 0.348 e. The van der Waals surface area contributed by atoms with Crippen molar-refractivity contribution in [3.05, 3.63) is 56.4 Å². The highest BCUT2D eigenvalue weighted by atomic mass is 32.2. The number of carbonyl (C=O) groups is 4. The molecule has 1 fully saturated rings. The van der Waals surface area contributed by atoms with E-state index in [1.54, 1.807) is 36.7 Å². The summed E-state index contributed by atoms with van der Waals surface area (Å²) in [6, 6.07) is 5.27. The molecule has 8 nitrogen and oxygen atoms in total. The first-order chi connectivity index (χ1) is 14.9. The Hall–Kier alpha value is -2.98. The molecule has 2 aromatic rings. The van der Waals surface area contributed by atoms with Gasteiger partial charge in [-0.1, -0.05) is 13.0 Å². The van der Waals surface area contributed by atoms with E-state index < -0.39 is 29.6 Å². The number of imide groups is 1. The summed E-state index contributed by atoms with van der Waals surface area (Å²) in [5.74, 6) is -1.47. The molecule has 1 N–H and O–H groups in total. The summed E-state index contributed by atoms with van der Waals surface area (Å²) < 4.78 is 5.04. The average Bonchev–Trinajstić information content (AvgIpc) is 3.27. The van der Waals surface area contributed by atoms with Crippen LogP contribution in [0, 0.1) is 6.92 Å². The van der Waals surface area contributed by atoms with Crippen LogP contribution in [0.15, 0.2) is 35.5 Å². The SMILES string of the molecule is CCc1sc(C(=O)OCC(=O)NCCN2C(=O)S/C(=C\c3cccnc3)C2=O)cc1C. The molecule has 0 radical (unpaired) electrons. The summed E-state index contributed by atoms with van der Waals surface area (Å²) in [7, 11) is 0. The maximum absolute atomic E-state index is 12.4. The van der Waals surface area contributed by atoms with Crippen molar-refractivity contribution >= 4 is 52.2 Å². The van der Waals surface area contributed by atoms with Gasteiger partial charge in [0.05, 0.1) is 4.91 Å². The standard InChI is InChI=1S/C21H21N3O5S2/c1-3-15-13(2)9-17(30-15)20(27)29-12-18(25)23-7-8-24-19(26)16(31-21(24)28)10-14-5-4-6-22-11-14/h4-6,9-11H,3,7-8,12H2,1-2H3,(H,23,25)/b16-10-. The van der Waals surface area contributed by atoms with Gasteiger partial charge in [0.1, 0.15) is 4.88 Å². The first kappa shape index (κ1) is 22.7. The van der Waals surface area contributed by atoms with Crippen molar-refractivity contribution in [2.45, 2.75) is 20.3 Å². The Morgan fingerprint density at radius 1 is 1.32 bits per heavy atom. The largest absolute Gasteiger partial charge is 0.451 e. The molecule has 0 saturated carbocycles. The van der Waals surface area contributed by atoms with E-state index in [2.05, 4.69) is 10.3 Å². The van der Waals surface area contributed by atoms with Crippen LogP contribution in [0.4, 0.5) is 4.79 Å². The fourth-order valence-corrected chi connectivity index (χ4v) is 4.71. The minimum atomic E-state index is -0.547. The summed E-state index contributed by atoms with van der Waals surface area (Å²) in [4.78, 5) is 55.5. The van der Waals surface area contributed by atoms with Crippen molar-refractivity contribution in [1.29, 1.82) is 0 Å². The predicted octanol–water partition coefficient (Wildman–Crippen LogP) is 3.02. The maximum Gasteiger partial charge on any atom is 0.348 e. The highest BCUT2D eigenvalue weighted by Gasteiger charge is 2.34. The number of pyridine rings is 1. The third kappa shape index (κ3) is 5.80. The molecule has 1 aliphatic rings. The Bertz CT molecular complexity index is 1030. The van der Waals surface area contributed by atoms with E-state index in [1.807, 2.05) is 13.8 Å². The van der Waals surface area contributed by atoms with Crippen molar-refractivity contribution in [2.75, 3.05) is 19.7 Å². The van der Waals surface area contributed by atoms with Crippen LogP contribution in [0.5, 0.6) is 0 Å². The molecule has 0 aromatic carbocycles. The number of ether oxygens (including phenoxy) is 1. The molecule has 2 aromatic heterocycles. The second kappa shape index (κ2) is 10.4. The van der Waals surface area contributed by atoms with Crippen LogP contribution >= 0.6 is 23.1 Å². The molecule has 0 aliphatic carbocycles. The molecule has 3 amide bonds. The van der Waals surface area contributed by atoms with Crippen LogP contribution in [-0.2, 0) is 20.7 Å². The topological polar surface area (TPSA) is 106 Å². The van der Waals surface area contributed by atoms with Crippen molar-refractivity contribution in [3.8, 4) is 0 Å². The fourth-order valence-electron chi connectivity index (χ4n) is 2.84. The zero-order valence-corrected chi connectivity index (χ0v) is 18.7. The van der Waals surface area contributed by atoms with Gasteiger partial charge in [-0.3, -0.25) is 24.3 Å². The fraction of sp³-hybridized carbons (Fsp3) is 0.286. The number of carbonyl (C=O) groups excluding carboxylic acids is 4. The highest BCUT2D eigenvalue weighted by Crippen LogP contribution is 2.31. The van der Waals surface area contributed by atoms with Crippen LogP contribution < -0.4 is 5.32 Å². The number of hydrogen-bond acceptors (Lipinski definition) is 8. The molecule has 162 valence electrons. The predicted molar refractivity (Wildman–Crippen MR) is 119 cm³/mol. The number of rotatable bonds is 8. The Morgan fingerprint density at radius 3 is 2.81 bits per heavy atom. The maximum atomic E-state index is 12.4. The number of hydrogen-bond donors (Lipinski definition) is 1. The van der Waals surface area contributed by atoms with Gasteiger partial charge in [-0.25, -0.2) is 4.79 Å². The average molecular weight is 460 g/mol. The zero-order valence-electron chi connectivity index (χ0n) is 17.0. The number of thioether (sulfide) groups is 1. The number of thiophene rings is 1. The van der Waals surface area contributed by atoms with Gasteiger partial charge in [0.15, 0.2) is 6.61 Å². The molecular formula is C21H21N3O5S2. The second-order valence-electron chi connectivity index (χ2n) is 6.62. The van der Waals surface area contributed by atoms with E-state index in [0.717, 1.165) is 39.1 Å². The molecule has 3 heterocycles. The molecule has 10 heteroatoms. The lowest BCUT2D eigenvalue weighted by Crippen LogP contribution is -2.38. The quantitative estimate of drug-likeness (QED) is 0.478. The summed E-state index contributed by atoms with van der Waals surface area (Å²) in [6.45, 7) is 3.59. The number of nitrogens with zero attached hydrogens (tertiary/aromatic N) is 2. The van der Waals surface area contributed by atoms with E-state index in [9.17, 15) is 19.2 Å². The van der Waals surface area contributed by atoms with Crippen LogP contribution in [-0.4, -0.2) is 52.6 Å². The van der Waals surface area contributed by atoms with Crippen LogP contribution in [0.1, 0.15) is 32.6 Å². The minimum Gasteiger partial charge on any atom is -0.451 e. The molecule has 1 aliphatic heterocycles. The Morgan fingerprint density at radius 2 is 2.13 bits per heavy atom. The van der Waals surface area contributed by atoms with E-state index in [0.29, 0.717) is 9.78 Å². The van der Waals surface area contributed by atoms with Gasteiger partial charge in [-0.15, -0.1) is 11.3 Å². The van der Waals surface area contributed by atoms with E-state index >= 15 is 0 Å². The summed E-state index contributed by atoms with van der Waals surface area (Å²) in [5.41, 5.74) is 1.74. The Kier molecular flexibility index (Phi) is 7.59. The normalized spacial score (nSPS) is 14.9. The number of aryl methyl sites for hydroxylation is 2. The number of amides is 3. The van der Waals surface area contributed by atoms with E-state index in [-0.39, 0.29) is 13.1 Å². The molecular weight excluding hydrogens is 438 g/mol. The van der Waals surface area contributed by atoms with Gasteiger partial charge >= 0.3 is 5.97 Å². The molecule has 0 bridgehead atoms. The lowest BCUT2D eigenvalue weighted by atomic mass is 10.2. The summed E-state index contributed by atoms with van der Waals surface area (Å²) in [5, 5.41) is 2.15. The van der Waals surface area contributed by atoms with Gasteiger partial charge in [-0.2, -0.15) is 0 Å². The van der Waals surface area contributed by atoms with Crippen LogP contribution in [0.25, 0.3) is 6.08 Å². The van der Waals surface area contributed by atoms with Gasteiger partial charge in [0.2, 0.25) is 0 Å². The second-order valence-corrected chi connectivity index (χ2v) is 8.75. The lowest BCUT2D eigenvalue weighted by molar-refractivity contribution is -0.125. The molecule has 1 saturated heterocycles. The molecule has 31 heavy (non-hydrogen) atoms. The van der Waals surface area contributed by atoms with E-state index in [1.165, 1.54) is 11.3 Å². The Balaban J connectivity index is 1.44. The molecule has 0 atom stereocenters. The first-order valence-electron chi connectivity index (χ1n) is 9.57. The van der Waals surface area contributed by atoms with Gasteiger partial charge in [-0.05, 0) is 54.4 Å². The van der Waals surface area contributed by atoms with Crippen molar-refractivity contribution in [3.63, 3.8) is 0 Å². The van der Waals surface area contributed by atoms with Gasteiger partial charge in [0, 0.05) is 30.4 Å². The number of esters is 1. The monoisotopic (exact) mass is 459 g/mol. The van der Waals surface area contributed by atoms with Gasteiger partial charge < -0.3 is 10.1 Å². The highest BCUT2D eigenvalue weighted by molar-refractivity contribution is 8.18.